The monoisotopic (exact) mass is 653 g/mol. The highest BCUT2D eigenvalue weighted by Crippen LogP contribution is 2.27. The first kappa shape index (κ1) is 36.1. The van der Waals surface area contributed by atoms with E-state index in [0.29, 0.717) is 11.3 Å². The van der Waals surface area contributed by atoms with Gasteiger partial charge >= 0.3 is 6.09 Å². The zero-order valence-electron chi connectivity index (χ0n) is 26.4. The van der Waals surface area contributed by atoms with Crippen molar-refractivity contribution >= 4 is 28.2 Å². The molecule has 0 fully saturated rings. The second kappa shape index (κ2) is 16.3. The number of rotatable bonds is 16. The summed E-state index contributed by atoms with van der Waals surface area (Å²) in [4.78, 5) is 30.0. The zero-order valence-corrected chi connectivity index (χ0v) is 27.3. The van der Waals surface area contributed by atoms with E-state index in [0.717, 1.165) is 5.56 Å². The van der Waals surface area contributed by atoms with Crippen LogP contribution in [0.1, 0.15) is 44.5 Å². The number of aliphatic hydroxyl groups excluding tert-OH is 1. The van der Waals surface area contributed by atoms with Gasteiger partial charge in [0.05, 0.1) is 23.3 Å². The molecule has 248 valence electrons. The number of nitrogens with zero attached hydrogens (tertiary/aromatic N) is 3. The lowest BCUT2D eigenvalue weighted by atomic mass is 9.79. The number of hydrogen-bond donors (Lipinski definition) is 5. The van der Waals surface area contributed by atoms with Crippen molar-refractivity contribution in [2.75, 3.05) is 13.1 Å². The Balaban J connectivity index is 1.93. The van der Waals surface area contributed by atoms with Crippen molar-refractivity contribution in [3.05, 3.63) is 95.8 Å². The predicted octanol–water partition coefficient (Wildman–Crippen LogP) is 3.53. The Labute approximate surface area is 270 Å². The molecule has 0 radical (unpaired) electrons. The third-order valence-electron chi connectivity index (χ3n) is 7.45. The van der Waals surface area contributed by atoms with Crippen LogP contribution >= 0.6 is 0 Å². The van der Waals surface area contributed by atoms with Gasteiger partial charge in [-0.1, -0.05) is 81.4 Å². The van der Waals surface area contributed by atoms with Crippen LogP contribution in [0.15, 0.2) is 89.0 Å². The smallest absolute Gasteiger partial charge is 0.405 e. The minimum absolute atomic E-state index is 0.0129. The maximum Gasteiger partial charge on any atom is 0.405 e. The normalized spacial score (nSPS) is 14.2. The Bertz CT molecular complexity index is 1550. The Morgan fingerprint density at radius 2 is 1.63 bits per heavy atom. The minimum atomic E-state index is -4.09. The molecular weight excluding hydrogens is 610 g/mol. The van der Waals surface area contributed by atoms with Crippen molar-refractivity contribution in [2.45, 2.75) is 63.6 Å². The summed E-state index contributed by atoms with van der Waals surface area (Å²) < 4.78 is 28.7. The number of pyridine rings is 1. The zero-order chi connectivity index (χ0) is 33.9. The van der Waals surface area contributed by atoms with E-state index >= 15 is 0 Å². The van der Waals surface area contributed by atoms with Crippen molar-refractivity contribution < 1.29 is 33.4 Å². The number of amides is 2. The molecule has 0 bridgehead atoms. The molecule has 0 aliphatic carbocycles. The molecule has 13 heteroatoms. The Kier molecular flexibility index (Phi) is 12.8. The highest BCUT2D eigenvalue weighted by molar-refractivity contribution is 7.89. The minimum Gasteiger partial charge on any atom is -0.465 e. The number of aliphatic hydroxyl groups is 1. The molecule has 3 rings (SSSR count). The van der Waals surface area contributed by atoms with Crippen LogP contribution in [0.3, 0.4) is 0 Å². The largest absolute Gasteiger partial charge is 0.465 e. The molecule has 0 aliphatic heterocycles. The molecule has 0 unspecified atom stereocenters. The van der Waals surface area contributed by atoms with Crippen molar-refractivity contribution in [2.24, 2.45) is 16.5 Å². The Morgan fingerprint density at radius 1 is 0.978 bits per heavy atom. The second-order valence-electron chi connectivity index (χ2n) is 12.3. The number of hydrogen-bond acceptors (Lipinski definition) is 8. The summed E-state index contributed by atoms with van der Waals surface area (Å²) in [5.74, 6) is -0.760. The fourth-order valence-electron chi connectivity index (χ4n) is 5.18. The van der Waals surface area contributed by atoms with Crippen molar-refractivity contribution in [1.82, 2.24) is 19.9 Å². The number of benzene rings is 2. The summed E-state index contributed by atoms with van der Waals surface area (Å²) in [6, 6.07) is 18.0. The van der Waals surface area contributed by atoms with Gasteiger partial charge in [0.1, 0.15) is 6.04 Å². The van der Waals surface area contributed by atoms with Crippen LogP contribution in [0.5, 0.6) is 0 Å². The fraction of sp³-hybridized carbons (Fsp3) is 0.394. The first-order chi connectivity index (χ1) is 21.7. The lowest BCUT2D eigenvalue weighted by Crippen LogP contribution is -2.59. The average Bonchev–Trinajstić information content (AvgIpc) is 3.00. The Hall–Kier alpha value is -4.33. The second-order valence-corrected chi connectivity index (χ2v) is 14.2. The summed E-state index contributed by atoms with van der Waals surface area (Å²) >= 11 is 0. The fourth-order valence-corrected chi connectivity index (χ4v) is 6.81. The molecule has 0 saturated carbocycles. The Morgan fingerprint density at radius 3 is 2.20 bits per heavy atom. The molecule has 0 saturated heterocycles. The number of sulfonamides is 1. The van der Waals surface area contributed by atoms with Gasteiger partial charge in [0.15, 0.2) is 0 Å². The summed E-state index contributed by atoms with van der Waals surface area (Å²) in [6.07, 6.45) is 0.460. The van der Waals surface area contributed by atoms with Crippen LogP contribution < -0.4 is 10.6 Å². The highest BCUT2D eigenvalue weighted by Gasteiger charge is 2.39. The topological polar surface area (TPSA) is 182 Å². The van der Waals surface area contributed by atoms with E-state index in [1.165, 1.54) is 34.8 Å². The molecule has 12 nitrogen and oxygen atoms in total. The molecule has 3 atom stereocenters. The van der Waals surface area contributed by atoms with Gasteiger partial charge in [0, 0.05) is 25.0 Å². The van der Waals surface area contributed by atoms with Gasteiger partial charge < -0.3 is 26.1 Å². The van der Waals surface area contributed by atoms with E-state index in [9.17, 15) is 28.2 Å². The first-order valence-electron chi connectivity index (χ1n) is 14.9. The van der Waals surface area contributed by atoms with Gasteiger partial charge in [-0.15, -0.1) is 0 Å². The van der Waals surface area contributed by atoms with Crippen molar-refractivity contribution in [3.8, 4) is 0 Å². The molecular formula is C33H43N5O7S. The number of oxime groups is 1. The number of carboxylic acid groups (broad SMARTS) is 1. The number of nitrogens with one attached hydrogen (secondary N) is 2. The van der Waals surface area contributed by atoms with Gasteiger partial charge in [-0.05, 0) is 59.6 Å². The van der Waals surface area contributed by atoms with Crippen LogP contribution in [0, 0.1) is 11.3 Å². The van der Waals surface area contributed by atoms with E-state index < -0.39 is 45.6 Å². The van der Waals surface area contributed by atoms with Crippen LogP contribution in [0.25, 0.3) is 0 Å². The lowest BCUT2D eigenvalue weighted by molar-refractivity contribution is -0.127. The van der Waals surface area contributed by atoms with Gasteiger partial charge in [-0.3, -0.25) is 9.78 Å². The van der Waals surface area contributed by atoms with Crippen LogP contribution in [-0.2, 0) is 27.7 Å². The summed E-state index contributed by atoms with van der Waals surface area (Å²) in [5.41, 5.74) is 1.02. The first-order valence-corrected chi connectivity index (χ1v) is 16.4. The van der Waals surface area contributed by atoms with E-state index in [1.54, 1.807) is 38.2 Å². The average molecular weight is 654 g/mol. The van der Waals surface area contributed by atoms with Gasteiger partial charge in [-0.25, -0.2) is 13.2 Å². The predicted molar refractivity (Wildman–Crippen MR) is 174 cm³/mol. The maximum absolute atomic E-state index is 13.9. The van der Waals surface area contributed by atoms with E-state index in [2.05, 4.69) is 20.8 Å². The van der Waals surface area contributed by atoms with Gasteiger partial charge in [-0.2, -0.15) is 4.31 Å². The number of carbonyl (C=O) groups is 2. The number of aromatic nitrogens is 1. The van der Waals surface area contributed by atoms with Crippen molar-refractivity contribution in [1.29, 1.82) is 0 Å². The molecule has 0 aliphatic rings. The quantitative estimate of drug-likeness (QED) is 0.0884. The molecule has 0 spiro atoms. The summed E-state index contributed by atoms with van der Waals surface area (Å²) in [5, 5.41) is 38.2. The van der Waals surface area contributed by atoms with Crippen LogP contribution in [-0.4, -0.2) is 82.6 Å². The van der Waals surface area contributed by atoms with E-state index in [4.69, 9.17) is 5.21 Å². The molecule has 1 aromatic heterocycles. The maximum atomic E-state index is 13.9. The molecule has 1 heterocycles. The third-order valence-corrected chi connectivity index (χ3v) is 9.29. The van der Waals surface area contributed by atoms with Crippen LogP contribution in [0.4, 0.5) is 4.79 Å². The standard InChI is InChI=1S/C33H43N5O7S/c1-23(2)21-38(46(44,45)27-15-13-25(14-16-27)20-35-43)22-29(39)28(18-24-10-6-5-7-11-24)36-31(40)30(37-32(41)42)33(3,4)19-26-12-8-9-17-34-26/h5-17,20,23,28-30,37,39,43H,18-19,21-22H2,1-4H3,(H,36,40)(H,41,42)/t28-,29+,30+/m0/s1. The molecule has 46 heavy (non-hydrogen) atoms. The lowest BCUT2D eigenvalue weighted by Gasteiger charge is -2.36. The van der Waals surface area contributed by atoms with E-state index in [-0.39, 0.29) is 36.7 Å². The third kappa shape index (κ3) is 10.4. The number of carbonyl (C=O) groups excluding carboxylic acids is 1. The van der Waals surface area contributed by atoms with Gasteiger partial charge in [0.2, 0.25) is 15.9 Å². The SMILES string of the molecule is CC(C)CN(C[C@@H](O)[C@H](Cc1ccccc1)NC(=O)[C@@H](NC(=O)O)C(C)(C)Cc1ccccn1)S(=O)(=O)c1ccc(C=NO)cc1. The van der Waals surface area contributed by atoms with Crippen LogP contribution in [0.2, 0.25) is 0 Å². The van der Waals surface area contributed by atoms with E-state index in [1.807, 2.05) is 44.2 Å². The molecule has 2 amide bonds. The van der Waals surface area contributed by atoms with Crippen molar-refractivity contribution in [3.63, 3.8) is 0 Å². The van der Waals surface area contributed by atoms with Gasteiger partial charge in [0.25, 0.3) is 0 Å². The molecule has 3 aromatic rings. The summed E-state index contributed by atoms with van der Waals surface area (Å²) in [7, 11) is -4.09. The highest BCUT2D eigenvalue weighted by atomic mass is 32.2. The molecule has 2 aromatic carbocycles. The summed E-state index contributed by atoms with van der Waals surface area (Å²) in [6.45, 7) is 6.95. The molecule has 5 N–H and O–H groups in total.